The van der Waals surface area contributed by atoms with Gasteiger partial charge in [-0.3, -0.25) is 4.79 Å². The maximum Gasteiger partial charge on any atom is 0.267 e. The number of amides is 1. The van der Waals surface area contributed by atoms with E-state index in [1.807, 2.05) is 0 Å². The number of pyridine rings is 1. The second-order valence-electron chi connectivity index (χ2n) is 6.79. The van der Waals surface area contributed by atoms with Crippen molar-refractivity contribution in [2.24, 2.45) is 0 Å². The number of nitrogens with zero attached hydrogens (tertiary/aromatic N) is 1. The lowest BCUT2D eigenvalue weighted by Crippen LogP contribution is -2.11. The fourth-order valence-corrected chi connectivity index (χ4v) is 4.73. The van der Waals surface area contributed by atoms with E-state index in [2.05, 4.69) is 11.4 Å². The SMILES string of the molecule is Nc1c(C(=O)Nc2ccc(Cl)c(Cl)c2)sc2nc3c(cc12)CCCCCC3. The Morgan fingerprint density at radius 3 is 2.63 bits per heavy atom. The summed E-state index contributed by atoms with van der Waals surface area (Å²) in [4.78, 5) is 18.9. The van der Waals surface area contributed by atoms with Crippen molar-refractivity contribution in [1.82, 2.24) is 4.98 Å². The van der Waals surface area contributed by atoms with Crippen LogP contribution in [0, 0.1) is 0 Å². The number of thiophene rings is 1. The van der Waals surface area contributed by atoms with Crippen molar-refractivity contribution in [3.63, 3.8) is 0 Å². The second kappa shape index (κ2) is 7.66. The van der Waals surface area contributed by atoms with Gasteiger partial charge in [-0.1, -0.05) is 36.0 Å². The summed E-state index contributed by atoms with van der Waals surface area (Å²) in [6.45, 7) is 0. The molecule has 27 heavy (non-hydrogen) atoms. The van der Waals surface area contributed by atoms with Gasteiger partial charge in [0.1, 0.15) is 9.71 Å². The zero-order valence-corrected chi connectivity index (χ0v) is 17.0. The third-order valence-corrected chi connectivity index (χ3v) is 6.74. The Hall–Kier alpha value is -1.82. The number of benzene rings is 1. The minimum Gasteiger partial charge on any atom is -0.397 e. The van der Waals surface area contributed by atoms with Crippen molar-refractivity contribution in [2.75, 3.05) is 11.1 Å². The number of hydrogen-bond donors (Lipinski definition) is 2. The molecule has 4 rings (SSSR count). The van der Waals surface area contributed by atoms with Crippen molar-refractivity contribution in [3.05, 3.63) is 50.4 Å². The molecule has 0 bridgehead atoms. The summed E-state index contributed by atoms with van der Waals surface area (Å²) in [5.74, 6) is -0.263. The van der Waals surface area contributed by atoms with Gasteiger partial charge in [-0.15, -0.1) is 11.3 Å². The first-order valence-electron chi connectivity index (χ1n) is 9.00. The average molecular weight is 420 g/mol. The van der Waals surface area contributed by atoms with Gasteiger partial charge in [0.15, 0.2) is 0 Å². The number of aryl methyl sites for hydroxylation is 2. The Balaban J connectivity index is 1.68. The molecule has 1 aliphatic rings. The molecule has 4 nitrogen and oxygen atoms in total. The summed E-state index contributed by atoms with van der Waals surface area (Å²) < 4.78 is 0. The van der Waals surface area contributed by atoms with Gasteiger partial charge in [-0.2, -0.15) is 0 Å². The molecular weight excluding hydrogens is 401 g/mol. The Morgan fingerprint density at radius 1 is 1.07 bits per heavy atom. The summed E-state index contributed by atoms with van der Waals surface area (Å²) >= 11 is 13.3. The molecule has 2 aromatic heterocycles. The lowest BCUT2D eigenvalue weighted by atomic mass is 9.96. The number of nitrogens with two attached hydrogens (primary N) is 1. The smallest absolute Gasteiger partial charge is 0.267 e. The number of rotatable bonds is 2. The molecule has 140 valence electrons. The van der Waals surface area contributed by atoms with Crippen molar-refractivity contribution >= 4 is 62.0 Å². The summed E-state index contributed by atoms with van der Waals surface area (Å²) in [6.07, 6.45) is 6.87. The molecule has 0 saturated carbocycles. The minimum atomic E-state index is -0.263. The van der Waals surface area contributed by atoms with Crippen LogP contribution in [0.15, 0.2) is 24.3 Å². The molecule has 0 fully saturated rings. The molecule has 2 heterocycles. The first kappa shape index (κ1) is 18.5. The summed E-state index contributed by atoms with van der Waals surface area (Å²) in [7, 11) is 0. The molecule has 0 spiro atoms. The van der Waals surface area contributed by atoms with Crippen LogP contribution in [0.3, 0.4) is 0 Å². The predicted octanol–water partition coefficient (Wildman–Crippen LogP) is 6.10. The van der Waals surface area contributed by atoms with Gasteiger partial charge in [0.05, 0.1) is 15.7 Å². The number of carbonyl (C=O) groups is 1. The number of carbonyl (C=O) groups excluding carboxylic acids is 1. The highest BCUT2D eigenvalue weighted by Crippen LogP contribution is 2.35. The van der Waals surface area contributed by atoms with E-state index in [1.165, 1.54) is 36.2 Å². The summed E-state index contributed by atoms with van der Waals surface area (Å²) in [6, 6.07) is 7.11. The van der Waals surface area contributed by atoms with E-state index in [1.54, 1.807) is 18.2 Å². The minimum absolute atomic E-state index is 0.263. The third-order valence-electron chi connectivity index (χ3n) is 4.88. The maximum atomic E-state index is 12.7. The Labute approximate surface area is 171 Å². The largest absolute Gasteiger partial charge is 0.397 e. The number of aromatic nitrogens is 1. The first-order valence-corrected chi connectivity index (χ1v) is 10.6. The van der Waals surface area contributed by atoms with E-state index in [0.717, 1.165) is 35.2 Å². The maximum absolute atomic E-state index is 12.7. The van der Waals surface area contributed by atoms with Crippen LogP contribution in [-0.2, 0) is 12.8 Å². The summed E-state index contributed by atoms with van der Waals surface area (Å²) in [5.41, 5.74) is 9.80. The second-order valence-corrected chi connectivity index (χ2v) is 8.60. The van der Waals surface area contributed by atoms with E-state index < -0.39 is 0 Å². The highest BCUT2D eigenvalue weighted by atomic mass is 35.5. The van der Waals surface area contributed by atoms with Gasteiger partial charge in [0.2, 0.25) is 0 Å². The monoisotopic (exact) mass is 419 g/mol. The normalized spacial score (nSPS) is 14.4. The number of nitrogens with one attached hydrogen (secondary N) is 1. The zero-order valence-electron chi connectivity index (χ0n) is 14.6. The van der Waals surface area contributed by atoms with Gasteiger partial charge >= 0.3 is 0 Å². The topological polar surface area (TPSA) is 68.0 Å². The number of anilines is 2. The van der Waals surface area contributed by atoms with E-state index in [-0.39, 0.29) is 5.91 Å². The van der Waals surface area contributed by atoms with Crippen LogP contribution in [0.5, 0.6) is 0 Å². The van der Waals surface area contributed by atoms with Crippen LogP contribution in [0.4, 0.5) is 11.4 Å². The van der Waals surface area contributed by atoms with Crippen LogP contribution in [-0.4, -0.2) is 10.9 Å². The zero-order chi connectivity index (χ0) is 19.0. The fraction of sp³-hybridized carbons (Fsp3) is 0.300. The Morgan fingerprint density at radius 2 is 1.85 bits per heavy atom. The van der Waals surface area contributed by atoms with Crippen molar-refractivity contribution in [2.45, 2.75) is 38.5 Å². The molecule has 0 saturated heterocycles. The van der Waals surface area contributed by atoms with Crippen LogP contribution >= 0.6 is 34.5 Å². The molecule has 0 radical (unpaired) electrons. The predicted molar refractivity (Wildman–Crippen MR) is 114 cm³/mol. The first-order chi connectivity index (χ1) is 13.0. The molecule has 3 N–H and O–H groups in total. The highest BCUT2D eigenvalue weighted by Gasteiger charge is 2.20. The van der Waals surface area contributed by atoms with Gasteiger partial charge < -0.3 is 11.1 Å². The lowest BCUT2D eigenvalue weighted by molar-refractivity contribution is 0.103. The van der Waals surface area contributed by atoms with Crippen LogP contribution in [0.25, 0.3) is 10.2 Å². The third kappa shape index (κ3) is 3.77. The van der Waals surface area contributed by atoms with Crippen molar-refractivity contribution < 1.29 is 4.79 Å². The molecule has 3 aromatic rings. The average Bonchev–Trinajstić information content (AvgIpc) is 2.94. The van der Waals surface area contributed by atoms with Crippen LogP contribution in [0.2, 0.25) is 10.0 Å². The lowest BCUT2D eigenvalue weighted by Gasteiger charge is -2.12. The standard InChI is InChI=1S/C20H19Cl2N3OS/c21-14-8-7-12(10-15(14)22)24-19(26)18-17(23)13-9-11-5-3-1-2-4-6-16(11)25-20(13)27-18/h7-10H,1-6,23H2,(H,24,26). The molecule has 0 aliphatic heterocycles. The Kier molecular flexibility index (Phi) is 5.26. The van der Waals surface area contributed by atoms with E-state index in [9.17, 15) is 4.79 Å². The quantitative estimate of drug-likeness (QED) is 0.527. The summed E-state index contributed by atoms with van der Waals surface area (Å²) in [5, 5.41) is 4.54. The number of fused-ring (bicyclic) bond motifs is 2. The number of halogens is 2. The number of nitrogen functional groups attached to an aromatic ring is 1. The van der Waals surface area contributed by atoms with Gasteiger partial charge in [0.25, 0.3) is 5.91 Å². The van der Waals surface area contributed by atoms with Gasteiger partial charge in [-0.25, -0.2) is 4.98 Å². The van der Waals surface area contributed by atoms with E-state index in [0.29, 0.717) is 26.3 Å². The van der Waals surface area contributed by atoms with Gasteiger partial charge in [0, 0.05) is 16.8 Å². The van der Waals surface area contributed by atoms with E-state index >= 15 is 0 Å². The molecule has 0 atom stereocenters. The molecule has 1 aromatic carbocycles. The Bertz CT molecular complexity index is 1030. The number of hydrogen-bond acceptors (Lipinski definition) is 4. The van der Waals surface area contributed by atoms with E-state index in [4.69, 9.17) is 33.9 Å². The molecule has 7 heteroatoms. The molecule has 0 unspecified atom stereocenters. The van der Waals surface area contributed by atoms with Crippen molar-refractivity contribution in [1.29, 1.82) is 0 Å². The van der Waals surface area contributed by atoms with Crippen molar-refractivity contribution in [3.8, 4) is 0 Å². The fourth-order valence-electron chi connectivity index (χ4n) is 3.44. The van der Waals surface area contributed by atoms with Gasteiger partial charge in [-0.05, 0) is 55.5 Å². The molecule has 1 aliphatic carbocycles. The van der Waals surface area contributed by atoms with Crippen LogP contribution in [0.1, 0.15) is 46.6 Å². The highest BCUT2D eigenvalue weighted by molar-refractivity contribution is 7.21. The molecule has 1 amide bonds. The molecular formula is C20H19Cl2N3OS. The van der Waals surface area contributed by atoms with Crippen LogP contribution < -0.4 is 11.1 Å².